The van der Waals surface area contributed by atoms with E-state index in [-0.39, 0.29) is 0 Å². The van der Waals surface area contributed by atoms with Crippen LogP contribution in [-0.2, 0) is 0 Å². The molecule has 1 aliphatic carbocycles. The highest BCUT2D eigenvalue weighted by molar-refractivity contribution is 4.81. The second kappa shape index (κ2) is 4.80. The number of nitrogens with one attached hydrogen (secondary N) is 1. The number of hydrogen-bond donors (Lipinski definition) is 1. The quantitative estimate of drug-likeness (QED) is 0.521. The van der Waals surface area contributed by atoms with Crippen molar-refractivity contribution in [1.29, 1.82) is 0 Å². The van der Waals surface area contributed by atoms with E-state index in [1.807, 2.05) is 6.08 Å². The maximum atomic E-state index is 3.73. The van der Waals surface area contributed by atoms with E-state index in [1.165, 1.54) is 32.1 Å². The summed E-state index contributed by atoms with van der Waals surface area (Å²) >= 11 is 0. The molecular weight excluding hydrogens is 158 g/mol. The standard InChI is InChI=1S/C12H23N/c1-4-10-13-11-6-5-8-12(2,3)9-7-11/h4,11,13H,1,5-10H2,2-3H3. The van der Waals surface area contributed by atoms with Gasteiger partial charge in [-0.25, -0.2) is 0 Å². The molecule has 13 heavy (non-hydrogen) atoms. The molecule has 1 N–H and O–H groups in total. The third-order valence-corrected chi connectivity index (χ3v) is 3.13. The fourth-order valence-electron chi connectivity index (χ4n) is 2.12. The summed E-state index contributed by atoms with van der Waals surface area (Å²) in [5, 5.41) is 3.53. The molecule has 1 rings (SSSR count). The molecule has 0 aromatic rings. The molecule has 0 saturated heterocycles. The van der Waals surface area contributed by atoms with Crippen molar-refractivity contribution in [2.24, 2.45) is 5.41 Å². The minimum absolute atomic E-state index is 0.574. The van der Waals surface area contributed by atoms with Gasteiger partial charge in [-0.2, -0.15) is 0 Å². The van der Waals surface area contributed by atoms with E-state index in [4.69, 9.17) is 0 Å². The zero-order valence-corrected chi connectivity index (χ0v) is 9.10. The van der Waals surface area contributed by atoms with E-state index in [1.54, 1.807) is 0 Å². The Bertz CT molecular complexity index is 161. The summed E-state index contributed by atoms with van der Waals surface area (Å²) in [5.74, 6) is 0. The lowest BCUT2D eigenvalue weighted by atomic mass is 9.85. The maximum absolute atomic E-state index is 3.73. The van der Waals surface area contributed by atoms with Crippen LogP contribution in [0.25, 0.3) is 0 Å². The topological polar surface area (TPSA) is 12.0 Å². The summed E-state index contributed by atoms with van der Waals surface area (Å²) in [6, 6.07) is 0.736. The van der Waals surface area contributed by atoms with Crippen LogP contribution in [0.1, 0.15) is 46.0 Å². The summed E-state index contributed by atoms with van der Waals surface area (Å²) in [7, 11) is 0. The van der Waals surface area contributed by atoms with Gasteiger partial charge in [0.2, 0.25) is 0 Å². The van der Waals surface area contributed by atoms with E-state index in [0.29, 0.717) is 5.41 Å². The van der Waals surface area contributed by atoms with Gasteiger partial charge in [-0.15, -0.1) is 6.58 Å². The van der Waals surface area contributed by atoms with E-state index < -0.39 is 0 Å². The first-order valence-corrected chi connectivity index (χ1v) is 5.48. The van der Waals surface area contributed by atoms with Crippen molar-refractivity contribution in [3.8, 4) is 0 Å². The van der Waals surface area contributed by atoms with Crippen LogP contribution in [0.5, 0.6) is 0 Å². The molecule has 76 valence electrons. The second-order valence-electron chi connectivity index (χ2n) is 4.99. The molecule has 0 aliphatic heterocycles. The summed E-state index contributed by atoms with van der Waals surface area (Å²) in [6.07, 6.45) is 8.76. The van der Waals surface area contributed by atoms with Crippen molar-refractivity contribution < 1.29 is 0 Å². The summed E-state index contributed by atoms with van der Waals surface area (Å²) in [4.78, 5) is 0. The predicted molar refractivity (Wildman–Crippen MR) is 58.9 cm³/mol. The van der Waals surface area contributed by atoms with Gasteiger partial charge in [0, 0.05) is 12.6 Å². The third-order valence-electron chi connectivity index (χ3n) is 3.13. The molecule has 1 fully saturated rings. The lowest BCUT2D eigenvalue weighted by Crippen LogP contribution is -2.28. The first kappa shape index (κ1) is 10.8. The molecule has 1 nitrogen and oxygen atoms in total. The van der Waals surface area contributed by atoms with E-state index >= 15 is 0 Å². The monoisotopic (exact) mass is 181 g/mol. The molecule has 1 saturated carbocycles. The summed E-state index contributed by atoms with van der Waals surface area (Å²) in [5.41, 5.74) is 0.574. The van der Waals surface area contributed by atoms with Crippen LogP contribution in [0.15, 0.2) is 12.7 Å². The Morgan fingerprint density at radius 2 is 2.15 bits per heavy atom. The first-order chi connectivity index (χ1) is 6.14. The molecule has 0 radical (unpaired) electrons. The van der Waals surface area contributed by atoms with Crippen molar-refractivity contribution in [1.82, 2.24) is 5.32 Å². The second-order valence-corrected chi connectivity index (χ2v) is 4.99. The van der Waals surface area contributed by atoms with Crippen LogP contribution < -0.4 is 5.32 Å². The van der Waals surface area contributed by atoms with Gasteiger partial charge in [0.1, 0.15) is 0 Å². The molecule has 0 amide bonds. The molecule has 0 heterocycles. The van der Waals surface area contributed by atoms with Crippen molar-refractivity contribution in [3.05, 3.63) is 12.7 Å². The lowest BCUT2D eigenvalue weighted by Gasteiger charge is -2.22. The van der Waals surface area contributed by atoms with Gasteiger partial charge in [-0.3, -0.25) is 0 Å². The highest BCUT2D eigenvalue weighted by Crippen LogP contribution is 2.33. The summed E-state index contributed by atoms with van der Waals surface area (Å²) < 4.78 is 0. The number of hydrogen-bond acceptors (Lipinski definition) is 1. The number of rotatable bonds is 3. The SMILES string of the molecule is C=CCNC1CCCC(C)(C)CC1. The molecule has 0 aromatic heterocycles. The van der Waals surface area contributed by atoms with Gasteiger partial charge in [-0.05, 0) is 31.1 Å². The van der Waals surface area contributed by atoms with Crippen molar-refractivity contribution in [2.75, 3.05) is 6.54 Å². The largest absolute Gasteiger partial charge is 0.311 e. The van der Waals surface area contributed by atoms with E-state index in [2.05, 4.69) is 25.7 Å². The fourth-order valence-corrected chi connectivity index (χ4v) is 2.12. The van der Waals surface area contributed by atoms with Crippen LogP contribution in [-0.4, -0.2) is 12.6 Å². The molecule has 1 unspecified atom stereocenters. The average molecular weight is 181 g/mol. The lowest BCUT2D eigenvalue weighted by molar-refractivity contribution is 0.310. The van der Waals surface area contributed by atoms with Gasteiger partial charge in [0.25, 0.3) is 0 Å². The van der Waals surface area contributed by atoms with Crippen molar-refractivity contribution in [2.45, 2.75) is 52.0 Å². The Morgan fingerprint density at radius 1 is 1.38 bits per heavy atom. The normalized spacial score (nSPS) is 28.0. The van der Waals surface area contributed by atoms with Gasteiger partial charge < -0.3 is 5.32 Å². The zero-order valence-electron chi connectivity index (χ0n) is 9.10. The highest BCUT2D eigenvalue weighted by Gasteiger charge is 2.23. The predicted octanol–water partition coefficient (Wildman–Crippen LogP) is 3.12. The van der Waals surface area contributed by atoms with Crippen LogP contribution in [0.2, 0.25) is 0 Å². The Hall–Kier alpha value is -0.300. The minimum Gasteiger partial charge on any atom is -0.311 e. The van der Waals surface area contributed by atoms with Crippen molar-refractivity contribution >= 4 is 0 Å². The molecule has 1 atom stereocenters. The minimum atomic E-state index is 0.574. The van der Waals surface area contributed by atoms with Gasteiger partial charge in [0.15, 0.2) is 0 Å². The Morgan fingerprint density at radius 3 is 2.85 bits per heavy atom. The van der Waals surface area contributed by atoms with Crippen LogP contribution in [0.4, 0.5) is 0 Å². The van der Waals surface area contributed by atoms with Crippen LogP contribution >= 0.6 is 0 Å². The first-order valence-electron chi connectivity index (χ1n) is 5.48. The smallest absolute Gasteiger partial charge is 0.0134 e. The molecule has 0 aromatic carbocycles. The highest BCUT2D eigenvalue weighted by atomic mass is 14.9. The third kappa shape index (κ3) is 3.95. The van der Waals surface area contributed by atoms with Crippen LogP contribution in [0.3, 0.4) is 0 Å². The Balaban J connectivity index is 2.31. The molecule has 1 aliphatic rings. The van der Waals surface area contributed by atoms with E-state index in [9.17, 15) is 0 Å². The summed E-state index contributed by atoms with van der Waals surface area (Å²) in [6.45, 7) is 9.48. The maximum Gasteiger partial charge on any atom is 0.0134 e. The van der Waals surface area contributed by atoms with Gasteiger partial charge >= 0.3 is 0 Å². The van der Waals surface area contributed by atoms with Gasteiger partial charge in [-0.1, -0.05) is 26.3 Å². The van der Waals surface area contributed by atoms with Crippen molar-refractivity contribution in [3.63, 3.8) is 0 Å². The average Bonchev–Trinajstić information content (AvgIpc) is 2.23. The Labute approximate surface area is 82.6 Å². The van der Waals surface area contributed by atoms with Crippen LogP contribution in [0, 0.1) is 5.41 Å². The molecule has 0 bridgehead atoms. The molecule has 1 heteroatoms. The molecule has 0 spiro atoms. The fraction of sp³-hybridized carbons (Fsp3) is 0.833. The Kier molecular flexibility index (Phi) is 3.98. The zero-order chi connectivity index (χ0) is 9.73. The van der Waals surface area contributed by atoms with E-state index in [0.717, 1.165) is 12.6 Å². The molecular formula is C12H23N. The van der Waals surface area contributed by atoms with Gasteiger partial charge in [0.05, 0.1) is 0 Å².